The second kappa shape index (κ2) is 38.1. The van der Waals surface area contributed by atoms with E-state index in [-0.39, 0.29) is 28.9 Å². The van der Waals surface area contributed by atoms with Gasteiger partial charge in [0.05, 0.1) is 12.2 Å². The Morgan fingerprint density at radius 3 is 1.17 bits per heavy atom. The molecule has 1 amide bonds. The van der Waals surface area contributed by atoms with Crippen molar-refractivity contribution in [3.05, 3.63) is 0 Å². The number of amides is 1. The molecule has 2 atom stereocenters. The second-order valence-electron chi connectivity index (χ2n) is 21.3. The van der Waals surface area contributed by atoms with Crippen molar-refractivity contribution in [2.24, 2.45) is 16.2 Å². The molecule has 0 aliphatic carbocycles. The molecule has 348 valence electrons. The van der Waals surface area contributed by atoms with Crippen LogP contribution < -0.4 is 5.32 Å². The van der Waals surface area contributed by atoms with Crippen LogP contribution in [-0.4, -0.2) is 37.9 Å². The van der Waals surface area contributed by atoms with Gasteiger partial charge >= 0.3 is 0 Å². The first-order chi connectivity index (χ1) is 27.8. The van der Waals surface area contributed by atoms with E-state index >= 15 is 0 Å². The van der Waals surface area contributed by atoms with E-state index in [4.69, 9.17) is 9.47 Å². The van der Waals surface area contributed by atoms with E-state index < -0.39 is 5.41 Å². The molecule has 4 nitrogen and oxygen atoms in total. The van der Waals surface area contributed by atoms with Crippen LogP contribution in [0, 0.1) is 16.2 Å². The van der Waals surface area contributed by atoms with Crippen LogP contribution in [0.25, 0.3) is 0 Å². The summed E-state index contributed by atoms with van der Waals surface area (Å²) < 4.78 is 12.8. The molecule has 4 heteroatoms. The molecule has 2 unspecified atom stereocenters. The number of unbranched alkanes of at least 4 members (excludes halogenated alkanes) is 30. The van der Waals surface area contributed by atoms with Crippen LogP contribution in [-0.2, 0) is 14.3 Å². The fourth-order valence-electron chi connectivity index (χ4n) is 8.40. The molecule has 0 aromatic rings. The maximum absolute atomic E-state index is 13.8. The summed E-state index contributed by atoms with van der Waals surface area (Å²) in [6.45, 7) is 24.5. The van der Waals surface area contributed by atoms with Crippen molar-refractivity contribution in [3.8, 4) is 0 Å². The number of carbonyl (C=O) groups is 1. The Labute approximate surface area is 366 Å². The zero-order valence-corrected chi connectivity index (χ0v) is 41.7. The van der Waals surface area contributed by atoms with Crippen molar-refractivity contribution in [1.29, 1.82) is 0 Å². The molecule has 0 fully saturated rings. The Hall–Kier alpha value is -0.610. The van der Waals surface area contributed by atoms with Crippen LogP contribution in [0.5, 0.6) is 0 Å². The van der Waals surface area contributed by atoms with Crippen LogP contribution in [0.15, 0.2) is 0 Å². The number of nitrogens with one attached hydrogen (secondary N) is 1. The Bertz CT molecular complexity index is 876. The molecule has 0 heterocycles. The first-order valence-corrected chi connectivity index (χ1v) is 26.3. The minimum atomic E-state index is -0.513. The van der Waals surface area contributed by atoms with Crippen molar-refractivity contribution in [3.63, 3.8) is 0 Å². The van der Waals surface area contributed by atoms with Crippen molar-refractivity contribution in [2.45, 2.75) is 306 Å². The minimum absolute atomic E-state index is 0.102. The van der Waals surface area contributed by atoms with Gasteiger partial charge in [-0.15, -0.1) is 0 Å². The Morgan fingerprint density at radius 2 is 0.810 bits per heavy atom. The topological polar surface area (TPSA) is 47.6 Å². The lowest BCUT2D eigenvalue weighted by molar-refractivity contribution is -0.138. The third-order valence-corrected chi connectivity index (χ3v) is 13.5. The first kappa shape index (κ1) is 57.4. The van der Waals surface area contributed by atoms with E-state index in [1.807, 2.05) is 0 Å². The van der Waals surface area contributed by atoms with Crippen molar-refractivity contribution >= 4 is 5.91 Å². The molecule has 58 heavy (non-hydrogen) atoms. The lowest BCUT2D eigenvalue weighted by atomic mass is 9.64. The highest BCUT2D eigenvalue weighted by Gasteiger charge is 2.44. The highest BCUT2D eigenvalue weighted by Crippen LogP contribution is 2.43. The van der Waals surface area contributed by atoms with Crippen LogP contribution >= 0.6 is 0 Å². The highest BCUT2D eigenvalue weighted by atomic mass is 16.5. The van der Waals surface area contributed by atoms with Gasteiger partial charge in [-0.3, -0.25) is 4.79 Å². The molecule has 0 aliphatic heterocycles. The maximum Gasteiger partial charge on any atom is 0.226 e. The zero-order valence-electron chi connectivity index (χ0n) is 41.7. The van der Waals surface area contributed by atoms with E-state index in [1.165, 1.54) is 199 Å². The molecular formula is C54H109NO3. The molecule has 1 N–H and O–H groups in total. The summed E-state index contributed by atoms with van der Waals surface area (Å²) in [4.78, 5) is 13.8. The third-order valence-electron chi connectivity index (χ3n) is 13.5. The van der Waals surface area contributed by atoms with E-state index in [2.05, 4.69) is 74.6 Å². The summed E-state index contributed by atoms with van der Waals surface area (Å²) in [6, 6.07) is 0. The molecule has 0 rings (SSSR count). The van der Waals surface area contributed by atoms with Gasteiger partial charge in [-0.05, 0) is 43.4 Å². The summed E-state index contributed by atoms with van der Waals surface area (Å²) in [7, 11) is 0. The Balaban J connectivity index is 4.56. The summed E-state index contributed by atoms with van der Waals surface area (Å²) >= 11 is 0. The number of hydrogen-bond acceptors (Lipinski definition) is 3. The van der Waals surface area contributed by atoms with Crippen molar-refractivity contribution in [2.75, 3.05) is 19.8 Å². The average Bonchev–Trinajstić information content (AvgIpc) is 3.16. The van der Waals surface area contributed by atoms with Crippen LogP contribution in [0.3, 0.4) is 0 Å². The van der Waals surface area contributed by atoms with Gasteiger partial charge in [0, 0.05) is 25.2 Å². The predicted molar refractivity (Wildman–Crippen MR) is 258 cm³/mol. The fourth-order valence-corrected chi connectivity index (χ4v) is 8.40. The smallest absolute Gasteiger partial charge is 0.226 e. The summed E-state index contributed by atoms with van der Waals surface area (Å²) in [5.41, 5.74) is -0.442. The molecule has 0 bridgehead atoms. The van der Waals surface area contributed by atoms with Gasteiger partial charge in [0.1, 0.15) is 0 Å². The van der Waals surface area contributed by atoms with Crippen molar-refractivity contribution in [1.82, 2.24) is 5.32 Å². The second-order valence-corrected chi connectivity index (χ2v) is 21.3. The highest BCUT2D eigenvalue weighted by molar-refractivity contribution is 5.82. The number of hydrogen-bond donors (Lipinski definition) is 1. The monoisotopic (exact) mass is 820 g/mol. The molecule has 0 saturated heterocycles. The van der Waals surface area contributed by atoms with Crippen LogP contribution in [0.2, 0.25) is 0 Å². The molecule has 0 aliphatic rings. The summed E-state index contributed by atoms with van der Waals surface area (Å²) in [6.07, 6.45) is 47.5. The van der Waals surface area contributed by atoms with Gasteiger partial charge in [-0.2, -0.15) is 0 Å². The quantitative estimate of drug-likeness (QED) is 0.0623. The Kier molecular flexibility index (Phi) is 37.7. The van der Waals surface area contributed by atoms with E-state index in [0.717, 1.165) is 38.9 Å². The third kappa shape index (κ3) is 35.0. The fraction of sp³-hybridized carbons (Fsp3) is 0.981. The van der Waals surface area contributed by atoms with Gasteiger partial charge < -0.3 is 14.8 Å². The summed E-state index contributed by atoms with van der Waals surface area (Å²) in [5, 5.41) is 3.37. The normalized spacial score (nSPS) is 13.6. The zero-order chi connectivity index (χ0) is 43.2. The lowest BCUT2D eigenvalue weighted by Gasteiger charge is -2.42. The number of rotatable bonds is 44. The van der Waals surface area contributed by atoms with E-state index in [9.17, 15) is 4.79 Å². The van der Waals surface area contributed by atoms with E-state index in [1.54, 1.807) is 0 Å². The van der Waals surface area contributed by atoms with Crippen LogP contribution in [0.1, 0.15) is 294 Å². The predicted octanol–water partition coefficient (Wildman–Crippen LogP) is 17.7. The van der Waals surface area contributed by atoms with Gasteiger partial charge in [-0.25, -0.2) is 0 Å². The van der Waals surface area contributed by atoms with Gasteiger partial charge in [0.25, 0.3) is 0 Å². The number of ether oxygens (including phenoxy) is 2. The molecular weight excluding hydrogens is 711 g/mol. The Morgan fingerprint density at radius 1 is 0.466 bits per heavy atom. The van der Waals surface area contributed by atoms with Gasteiger partial charge in [-0.1, -0.05) is 261 Å². The lowest BCUT2D eigenvalue weighted by Crippen LogP contribution is -2.49. The standard InChI is InChI=1S/C54H109NO3/c1-11-13-15-17-19-21-23-25-27-29-31-33-35-37-39-41-43-50(58-45-42-40-38-36-34-32-30-28-26-24-22-20-18-16-14-12-2)48-55-51(56)54(9,10)53(7,8)47-49(3)57-46-44-52(4,5)6/h49-50H,11-48H2,1-10H3,(H,55,56). The minimum Gasteiger partial charge on any atom is -0.378 e. The van der Waals surface area contributed by atoms with Gasteiger partial charge in [0.15, 0.2) is 0 Å². The maximum atomic E-state index is 13.8. The number of carbonyl (C=O) groups excluding carboxylic acids is 1. The SMILES string of the molecule is CCCCCCCCCCCCCCCCCCOC(CCCCCCCCCCCCCCCCCC)CNC(=O)C(C)(C)C(C)(C)CC(C)OCCC(C)(C)C. The molecule has 0 aromatic heterocycles. The van der Waals surface area contributed by atoms with E-state index in [0.29, 0.717) is 6.54 Å². The average molecular weight is 820 g/mol. The molecule has 0 radical (unpaired) electrons. The molecule has 0 spiro atoms. The first-order valence-electron chi connectivity index (χ1n) is 26.3. The van der Waals surface area contributed by atoms with Gasteiger partial charge in [0.2, 0.25) is 5.91 Å². The van der Waals surface area contributed by atoms with Crippen LogP contribution in [0.4, 0.5) is 0 Å². The summed E-state index contributed by atoms with van der Waals surface area (Å²) in [5.74, 6) is 0.141. The molecule has 0 aromatic carbocycles. The largest absolute Gasteiger partial charge is 0.378 e. The van der Waals surface area contributed by atoms with Crippen molar-refractivity contribution < 1.29 is 14.3 Å². The molecule has 0 saturated carbocycles.